The molecule has 2 aromatic heterocycles. The Balaban J connectivity index is 2.10. The van der Waals surface area contributed by atoms with Gasteiger partial charge in [-0.05, 0) is 37.8 Å². The number of rotatable bonds is 3. The van der Waals surface area contributed by atoms with E-state index < -0.39 is 0 Å². The Bertz CT molecular complexity index is 447. The van der Waals surface area contributed by atoms with Crippen LogP contribution in [0.15, 0.2) is 11.4 Å². The van der Waals surface area contributed by atoms with Gasteiger partial charge in [0.2, 0.25) is 5.13 Å². The first-order valence-corrected chi connectivity index (χ1v) is 6.47. The molecule has 3 nitrogen and oxygen atoms in total. The van der Waals surface area contributed by atoms with E-state index in [0.717, 1.165) is 10.1 Å². The van der Waals surface area contributed by atoms with Crippen LogP contribution in [0.4, 0.5) is 5.13 Å². The predicted octanol–water partition coefficient (Wildman–Crippen LogP) is 3.39. The van der Waals surface area contributed by atoms with Gasteiger partial charge in [0.25, 0.3) is 0 Å². The molecule has 0 saturated carbocycles. The van der Waals surface area contributed by atoms with Gasteiger partial charge in [-0.25, -0.2) is 0 Å². The van der Waals surface area contributed by atoms with Crippen molar-refractivity contribution in [3.05, 3.63) is 26.9 Å². The molecule has 1 atom stereocenters. The van der Waals surface area contributed by atoms with E-state index >= 15 is 0 Å². The van der Waals surface area contributed by atoms with Crippen LogP contribution in [0, 0.1) is 13.8 Å². The van der Waals surface area contributed by atoms with Gasteiger partial charge in [0.05, 0.1) is 6.04 Å². The van der Waals surface area contributed by atoms with Crippen molar-refractivity contribution in [1.82, 2.24) is 10.2 Å². The minimum atomic E-state index is 0.303. The van der Waals surface area contributed by atoms with Crippen LogP contribution in [-0.4, -0.2) is 10.2 Å². The zero-order valence-electron chi connectivity index (χ0n) is 8.94. The van der Waals surface area contributed by atoms with Crippen LogP contribution in [0.2, 0.25) is 0 Å². The molecule has 0 radical (unpaired) electrons. The van der Waals surface area contributed by atoms with Crippen molar-refractivity contribution in [2.45, 2.75) is 26.8 Å². The molecule has 0 spiro atoms. The van der Waals surface area contributed by atoms with Crippen LogP contribution in [0.5, 0.6) is 0 Å². The number of nitrogens with zero attached hydrogens (tertiary/aromatic N) is 2. The van der Waals surface area contributed by atoms with Gasteiger partial charge in [-0.3, -0.25) is 0 Å². The lowest BCUT2D eigenvalue weighted by Crippen LogP contribution is -2.05. The molecule has 0 aliphatic rings. The normalized spacial score (nSPS) is 12.7. The second-order valence-corrected chi connectivity index (χ2v) is 5.59. The molecule has 2 rings (SSSR count). The summed E-state index contributed by atoms with van der Waals surface area (Å²) in [6, 6.07) is 2.45. The molecule has 0 aromatic carbocycles. The molecular formula is C10H13N3S2. The van der Waals surface area contributed by atoms with E-state index in [2.05, 4.69) is 40.8 Å². The summed E-state index contributed by atoms with van der Waals surface area (Å²) in [4.78, 5) is 1.36. The summed E-state index contributed by atoms with van der Waals surface area (Å²) >= 11 is 3.37. The molecule has 80 valence electrons. The fourth-order valence-electron chi connectivity index (χ4n) is 1.43. The number of aryl methyl sites for hydroxylation is 2. The van der Waals surface area contributed by atoms with Gasteiger partial charge < -0.3 is 5.32 Å². The first-order chi connectivity index (χ1) is 7.16. The molecule has 15 heavy (non-hydrogen) atoms. The van der Waals surface area contributed by atoms with Crippen molar-refractivity contribution >= 4 is 27.8 Å². The largest absolute Gasteiger partial charge is 0.353 e. The van der Waals surface area contributed by atoms with Gasteiger partial charge in [0.15, 0.2) is 0 Å². The highest BCUT2D eigenvalue weighted by Crippen LogP contribution is 2.27. The van der Waals surface area contributed by atoms with Crippen LogP contribution in [0.1, 0.15) is 28.4 Å². The first kappa shape index (κ1) is 10.6. The monoisotopic (exact) mass is 239 g/mol. The fraction of sp³-hybridized carbons (Fsp3) is 0.400. The fourth-order valence-corrected chi connectivity index (χ4v) is 3.05. The SMILES string of the molecule is Cc1nnc(NC(C)c2sccc2C)s1. The second kappa shape index (κ2) is 4.28. The second-order valence-electron chi connectivity index (χ2n) is 3.46. The number of hydrogen-bond acceptors (Lipinski definition) is 5. The van der Waals surface area contributed by atoms with Crippen LogP contribution < -0.4 is 5.32 Å². The Kier molecular flexibility index (Phi) is 3.02. The summed E-state index contributed by atoms with van der Waals surface area (Å²) in [7, 11) is 0. The maximum Gasteiger partial charge on any atom is 0.206 e. The standard InChI is InChI=1S/C10H13N3S2/c1-6-4-5-14-9(6)7(2)11-10-13-12-8(3)15-10/h4-5,7H,1-3H3,(H,11,13). The zero-order chi connectivity index (χ0) is 10.8. The summed E-state index contributed by atoms with van der Waals surface area (Å²) in [5, 5.41) is 15.4. The lowest BCUT2D eigenvalue weighted by Gasteiger charge is -2.11. The highest BCUT2D eigenvalue weighted by Gasteiger charge is 2.11. The average molecular weight is 239 g/mol. The van der Waals surface area contributed by atoms with E-state index in [1.165, 1.54) is 10.4 Å². The quantitative estimate of drug-likeness (QED) is 0.892. The summed E-state index contributed by atoms with van der Waals surface area (Å²) in [5.74, 6) is 0. The Morgan fingerprint density at radius 3 is 2.67 bits per heavy atom. The molecule has 0 fully saturated rings. The van der Waals surface area contributed by atoms with Gasteiger partial charge in [-0.1, -0.05) is 11.3 Å². The maximum absolute atomic E-state index is 4.06. The molecule has 1 N–H and O–H groups in total. The highest BCUT2D eigenvalue weighted by atomic mass is 32.1. The van der Waals surface area contributed by atoms with Crippen LogP contribution in [-0.2, 0) is 0 Å². The molecule has 0 bridgehead atoms. The van der Waals surface area contributed by atoms with E-state index in [-0.39, 0.29) is 0 Å². The molecule has 0 saturated heterocycles. The van der Waals surface area contributed by atoms with Gasteiger partial charge in [0, 0.05) is 4.88 Å². The van der Waals surface area contributed by atoms with Gasteiger partial charge in [-0.2, -0.15) is 0 Å². The van der Waals surface area contributed by atoms with Crippen molar-refractivity contribution < 1.29 is 0 Å². The van der Waals surface area contributed by atoms with Gasteiger partial charge >= 0.3 is 0 Å². The Morgan fingerprint density at radius 1 is 1.33 bits per heavy atom. The van der Waals surface area contributed by atoms with E-state index in [9.17, 15) is 0 Å². The van der Waals surface area contributed by atoms with Crippen LogP contribution in [0.25, 0.3) is 0 Å². The topological polar surface area (TPSA) is 37.8 Å². The van der Waals surface area contributed by atoms with Crippen molar-refractivity contribution in [3.8, 4) is 0 Å². The number of thiophene rings is 1. The minimum absolute atomic E-state index is 0.303. The summed E-state index contributed by atoms with van der Waals surface area (Å²) in [6.07, 6.45) is 0. The van der Waals surface area contributed by atoms with E-state index in [4.69, 9.17) is 0 Å². The summed E-state index contributed by atoms with van der Waals surface area (Å²) in [5.41, 5.74) is 1.33. The lowest BCUT2D eigenvalue weighted by atomic mass is 10.2. The maximum atomic E-state index is 4.06. The predicted molar refractivity (Wildman–Crippen MR) is 65.7 cm³/mol. The smallest absolute Gasteiger partial charge is 0.206 e. The number of nitrogens with one attached hydrogen (secondary N) is 1. The Morgan fingerprint density at radius 2 is 2.13 bits per heavy atom. The van der Waals surface area contributed by atoms with E-state index in [0.29, 0.717) is 6.04 Å². The zero-order valence-corrected chi connectivity index (χ0v) is 10.6. The van der Waals surface area contributed by atoms with Crippen molar-refractivity contribution in [1.29, 1.82) is 0 Å². The number of anilines is 1. The van der Waals surface area contributed by atoms with Crippen LogP contribution in [0.3, 0.4) is 0 Å². The van der Waals surface area contributed by atoms with Gasteiger partial charge in [-0.15, -0.1) is 21.5 Å². The third-order valence-corrected chi connectivity index (χ3v) is 4.13. The molecule has 0 aliphatic carbocycles. The first-order valence-electron chi connectivity index (χ1n) is 4.77. The Hall–Kier alpha value is -0.940. The molecular weight excluding hydrogens is 226 g/mol. The van der Waals surface area contributed by atoms with E-state index in [1.54, 1.807) is 22.7 Å². The molecule has 2 heterocycles. The third-order valence-electron chi connectivity index (χ3n) is 2.16. The lowest BCUT2D eigenvalue weighted by molar-refractivity contribution is 0.885. The average Bonchev–Trinajstić information content (AvgIpc) is 2.75. The summed E-state index contributed by atoms with van der Waals surface area (Å²) in [6.45, 7) is 6.24. The van der Waals surface area contributed by atoms with Crippen molar-refractivity contribution in [2.75, 3.05) is 5.32 Å². The van der Waals surface area contributed by atoms with Gasteiger partial charge in [0.1, 0.15) is 5.01 Å². The number of hydrogen-bond donors (Lipinski definition) is 1. The molecule has 2 aromatic rings. The molecule has 0 amide bonds. The van der Waals surface area contributed by atoms with E-state index in [1.807, 2.05) is 6.92 Å². The van der Waals surface area contributed by atoms with Crippen LogP contribution >= 0.6 is 22.7 Å². The highest BCUT2D eigenvalue weighted by molar-refractivity contribution is 7.15. The van der Waals surface area contributed by atoms with Crippen molar-refractivity contribution in [2.24, 2.45) is 0 Å². The van der Waals surface area contributed by atoms with Crippen molar-refractivity contribution in [3.63, 3.8) is 0 Å². The summed E-state index contributed by atoms with van der Waals surface area (Å²) < 4.78 is 0. The molecule has 1 unspecified atom stereocenters. The Labute approximate surface area is 97.2 Å². The minimum Gasteiger partial charge on any atom is -0.353 e. The third kappa shape index (κ3) is 2.35. The molecule has 0 aliphatic heterocycles. The number of aromatic nitrogens is 2. The molecule has 5 heteroatoms.